The van der Waals surface area contributed by atoms with Crippen LogP contribution in [0.2, 0.25) is 5.02 Å². The zero-order valence-electron chi connectivity index (χ0n) is 10.9. The summed E-state index contributed by atoms with van der Waals surface area (Å²) in [5.74, 6) is 0.959. The first-order valence-electron chi connectivity index (χ1n) is 6.42. The normalized spacial score (nSPS) is 26.5. The second kappa shape index (κ2) is 5.55. The fourth-order valence-corrected chi connectivity index (χ4v) is 2.76. The lowest BCUT2D eigenvalue weighted by atomic mass is 10.0. The van der Waals surface area contributed by atoms with E-state index in [4.69, 9.17) is 17.3 Å². The van der Waals surface area contributed by atoms with Crippen LogP contribution in [0, 0.1) is 17.7 Å². The van der Waals surface area contributed by atoms with Gasteiger partial charge in [-0.2, -0.15) is 0 Å². The molecule has 0 bridgehead atoms. The summed E-state index contributed by atoms with van der Waals surface area (Å²) in [5, 5.41) is 0.165. The van der Waals surface area contributed by atoms with Crippen LogP contribution in [-0.2, 0) is 0 Å². The van der Waals surface area contributed by atoms with Gasteiger partial charge in [-0.05, 0) is 29.5 Å². The van der Waals surface area contributed by atoms with Gasteiger partial charge in [0.15, 0.2) is 0 Å². The SMILES string of the molecule is CC1CN(C(CN)c2ccc(Cl)c(F)c2)CC1C. The molecule has 2 rings (SSSR count). The van der Waals surface area contributed by atoms with Gasteiger partial charge in [0.1, 0.15) is 5.82 Å². The monoisotopic (exact) mass is 270 g/mol. The van der Waals surface area contributed by atoms with E-state index in [-0.39, 0.29) is 16.9 Å². The minimum Gasteiger partial charge on any atom is -0.329 e. The Morgan fingerprint density at radius 3 is 2.50 bits per heavy atom. The summed E-state index contributed by atoms with van der Waals surface area (Å²) in [7, 11) is 0. The first-order valence-corrected chi connectivity index (χ1v) is 6.79. The first kappa shape index (κ1) is 13.8. The molecule has 2 nitrogen and oxygen atoms in total. The summed E-state index contributed by atoms with van der Waals surface area (Å²) < 4.78 is 13.5. The molecule has 2 N–H and O–H groups in total. The van der Waals surface area contributed by atoms with Crippen LogP contribution in [0.1, 0.15) is 25.5 Å². The van der Waals surface area contributed by atoms with E-state index in [2.05, 4.69) is 18.7 Å². The molecule has 100 valence electrons. The van der Waals surface area contributed by atoms with E-state index in [9.17, 15) is 4.39 Å². The Bertz CT molecular complexity index is 414. The predicted octanol–water partition coefficient (Wildman–Crippen LogP) is 3.07. The molecule has 0 amide bonds. The highest BCUT2D eigenvalue weighted by molar-refractivity contribution is 6.30. The van der Waals surface area contributed by atoms with Crippen molar-refractivity contribution >= 4 is 11.6 Å². The number of halogens is 2. The number of hydrogen-bond acceptors (Lipinski definition) is 2. The fraction of sp³-hybridized carbons (Fsp3) is 0.571. The van der Waals surface area contributed by atoms with Crippen LogP contribution in [0.25, 0.3) is 0 Å². The molecule has 3 atom stereocenters. The van der Waals surface area contributed by atoms with Gasteiger partial charge < -0.3 is 5.73 Å². The van der Waals surface area contributed by atoms with Gasteiger partial charge in [0.05, 0.1) is 5.02 Å². The van der Waals surface area contributed by atoms with Gasteiger partial charge >= 0.3 is 0 Å². The molecule has 0 aromatic heterocycles. The van der Waals surface area contributed by atoms with E-state index in [0.29, 0.717) is 18.4 Å². The number of likely N-dealkylation sites (tertiary alicyclic amines) is 1. The van der Waals surface area contributed by atoms with Crippen molar-refractivity contribution < 1.29 is 4.39 Å². The van der Waals surface area contributed by atoms with Gasteiger partial charge in [-0.25, -0.2) is 4.39 Å². The summed E-state index contributed by atoms with van der Waals surface area (Å²) in [6.45, 7) is 7.04. The standard InChI is InChI=1S/C14H20ClFN2/c1-9-7-18(8-10(9)2)14(6-17)11-3-4-12(15)13(16)5-11/h3-5,9-10,14H,6-8,17H2,1-2H3. The van der Waals surface area contributed by atoms with Gasteiger partial charge in [-0.3, -0.25) is 4.90 Å². The van der Waals surface area contributed by atoms with Crippen LogP contribution >= 0.6 is 11.6 Å². The molecule has 1 saturated heterocycles. The highest BCUT2D eigenvalue weighted by Gasteiger charge is 2.31. The Kier molecular flexibility index (Phi) is 4.25. The van der Waals surface area contributed by atoms with Crippen LogP contribution in [0.3, 0.4) is 0 Å². The first-order chi connectivity index (χ1) is 8.52. The zero-order chi connectivity index (χ0) is 13.3. The number of rotatable bonds is 3. The van der Waals surface area contributed by atoms with Crippen LogP contribution in [-0.4, -0.2) is 24.5 Å². The third-order valence-corrected chi connectivity index (χ3v) is 4.32. The lowest BCUT2D eigenvalue weighted by Crippen LogP contribution is -2.32. The fourth-order valence-electron chi connectivity index (χ4n) is 2.64. The molecule has 1 aliphatic rings. The number of hydrogen-bond donors (Lipinski definition) is 1. The van der Waals surface area contributed by atoms with Crippen molar-refractivity contribution in [2.75, 3.05) is 19.6 Å². The number of nitrogens with zero attached hydrogens (tertiary/aromatic N) is 1. The second-order valence-electron chi connectivity index (χ2n) is 5.33. The van der Waals surface area contributed by atoms with E-state index in [1.54, 1.807) is 6.07 Å². The molecule has 1 aliphatic heterocycles. The Hall–Kier alpha value is -0.640. The highest BCUT2D eigenvalue weighted by atomic mass is 35.5. The summed E-state index contributed by atoms with van der Waals surface area (Å²) >= 11 is 5.71. The van der Waals surface area contributed by atoms with Gasteiger partial charge in [0.2, 0.25) is 0 Å². The van der Waals surface area contributed by atoms with Crippen LogP contribution < -0.4 is 5.73 Å². The summed E-state index contributed by atoms with van der Waals surface area (Å²) in [4.78, 5) is 2.35. The van der Waals surface area contributed by atoms with Crippen LogP contribution in [0.5, 0.6) is 0 Å². The molecular weight excluding hydrogens is 251 g/mol. The smallest absolute Gasteiger partial charge is 0.142 e. The highest BCUT2D eigenvalue weighted by Crippen LogP contribution is 2.31. The van der Waals surface area contributed by atoms with Crippen molar-refractivity contribution in [3.05, 3.63) is 34.6 Å². The molecule has 0 spiro atoms. The lowest BCUT2D eigenvalue weighted by Gasteiger charge is -2.27. The summed E-state index contributed by atoms with van der Waals surface area (Å²) in [6.07, 6.45) is 0. The van der Waals surface area contributed by atoms with Crippen molar-refractivity contribution in [1.82, 2.24) is 4.90 Å². The quantitative estimate of drug-likeness (QED) is 0.915. The van der Waals surface area contributed by atoms with Crippen molar-refractivity contribution in [2.45, 2.75) is 19.9 Å². The van der Waals surface area contributed by atoms with Crippen molar-refractivity contribution in [3.63, 3.8) is 0 Å². The van der Waals surface area contributed by atoms with Gasteiger partial charge in [0.25, 0.3) is 0 Å². The number of benzene rings is 1. The van der Waals surface area contributed by atoms with Crippen molar-refractivity contribution in [3.8, 4) is 0 Å². The van der Waals surface area contributed by atoms with E-state index < -0.39 is 0 Å². The van der Waals surface area contributed by atoms with Crippen molar-refractivity contribution in [1.29, 1.82) is 0 Å². The third-order valence-electron chi connectivity index (χ3n) is 4.01. The Balaban J connectivity index is 2.20. The van der Waals surface area contributed by atoms with E-state index in [0.717, 1.165) is 18.7 Å². The molecular formula is C14H20ClFN2. The lowest BCUT2D eigenvalue weighted by molar-refractivity contribution is 0.239. The molecule has 1 aromatic rings. The van der Waals surface area contributed by atoms with Gasteiger partial charge in [-0.15, -0.1) is 0 Å². The maximum Gasteiger partial charge on any atom is 0.142 e. The molecule has 0 radical (unpaired) electrons. The molecule has 1 fully saturated rings. The zero-order valence-corrected chi connectivity index (χ0v) is 11.6. The molecule has 1 heterocycles. The Morgan fingerprint density at radius 2 is 2.00 bits per heavy atom. The average molecular weight is 271 g/mol. The minimum absolute atomic E-state index is 0.0872. The van der Waals surface area contributed by atoms with E-state index in [1.165, 1.54) is 6.07 Å². The van der Waals surface area contributed by atoms with E-state index >= 15 is 0 Å². The third kappa shape index (κ3) is 2.68. The topological polar surface area (TPSA) is 29.3 Å². The predicted molar refractivity (Wildman–Crippen MR) is 73.1 cm³/mol. The molecule has 1 aromatic carbocycles. The van der Waals surface area contributed by atoms with Crippen molar-refractivity contribution in [2.24, 2.45) is 17.6 Å². The summed E-state index contributed by atoms with van der Waals surface area (Å²) in [6, 6.07) is 5.08. The summed E-state index contributed by atoms with van der Waals surface area (Å²) in [5.41, 5.74) is 6.78. The maximum atomic E-state index is 13.5. The Labute approximate surface area is 113 Å². The molecule has 18 heavy (non-hydrogen) atoms. The average Bonchev–Trinajstić information content (AvgIpc) is 2.65. The maximum absolute atomic E-state index is 13.5. The minimum atomic E-state index is -0.368. The van der Waals surface area contributed by atoms with E-state index in [1.807, 2.05) is 6.07 Å². The molecule has 4 heteroatoms. The Morgan fingerprint density at radius 1 is 1.39 bits per heavy atom. The van der Waals surface area contributed by atoms with Gasteiger partial charge in [0, 0.05) is 25.7 Å². The van der Waals surface area contributed by atoms with Crippen LogP contribution in [0.15, 0.2) is 18.2 Å². The molecule has 3 unspecified atom stereocenters. The van der Waals surface area contributed by atoms with Gasteiger partial charge in [-0.1, -0.05) is 31.5 Å². The number of nitrogens with two attached hydrogens (primary N) is 1. The second-order valence-corrected chi connectivity index (χ2v) is 5.74. The molecule has 0 saturated carbocycles. The largest absolute Gasteiger partial charge is 0.329 e. The molecule has 0 aliphatic carbocycles. The van der Waals surface area contributed by atoms with Crippen LogP contribution in [0.4, 0.5) is 4.39 Å².